The molecule has 2 aromatic carbocycles. The van der Waals surface area contributed by atoms with Crippen LogP contribution in [-0.2, 0) is 32.1 Å². The normalized spacial score (nSPS) is 12.3. The number of ether oxygens (including phenoxy) is 1. The lowest BCUT2D eigenvalue weighted by atomic mass is 10.0. The molecule has 0 aromatic heterocycles. The van der Waals surface area contributed by atoms with Crippen LogP contribution in [0.3, 0.4) is 0 Å². The van der Waals surface area contributed by atoms with Crippen LogP contribution in [0, 0.1) is 0 Å². The van der Waals surface area contributed by atoms with E-state index in [0.717, 1.165) is 0 Å². The minimum Gasteiger partial charge on any atom is -0.508 e. The standard InChI is InChI=1S/C21H23N3O7/c22-18(26)11-16(24-21(30)31-12-14-4-2-1-3-5-14)19(27)23-17(20(28)29)10-13-6-8-15(25)9-7-13/h1-9,16-17,25H,10-12H2,(H2,22,26)(H,23,27)(H,24,30)(H,28,29)/t16-,17-/m0/s1. The Kier molecular flexibility index (Phi) is 8.38. The number of aromatic hydroxyl groups is 1. The highest BCUT2D eigenvalue weighted by Crippen LogP contribution is 2.12. The average molecular weight is 429 g/mol. The fourth-order valence-corrected chi connectivity index (χ4v) is 2.66. The molecule has 0 unspecified atom stereocenters. The van der Waals surface area contributed by atoms with E-state index in [9.17, 15) is 29.4 Å². The van der Waals surface area contributed by atoms with Crippen molar-refractivity contribution in [2.45, 2.75) is 31.5 Å². The van der Waals surface area contributed by atoms with Crippen molar-refractivity contribution in [2.24, 2.45) is 5.73 Å². The molecule has 0 fully saturated rings. The molecule has 3 amide bonds. The number of nitrogens with two attached hydrogens (primary N) is 1. The van der Waals surface area contributed by atoms with Crippen LogP contribution in [0.5, 0.6) is 5.75 Å². The van der Waals surface area contributed by atoms with Gasteiger partial charge in [0.25, 0.3) is 0 Å². The maximum atomic E-state index is 12.6. The first-order valence-electron chi connectivity index (χ1n) is 9.31. The number of nitrogens with one attached hydrogen (secondary N) is 2. The van der Waals surface area contributed by atoms with Crippen LogP contribution >= 0.6 is 0 Å². The van der Waals surface area contributed by atoms with Gasteiger partial charge in [-0.2, -0.15) is 0 Å². The Morgan fingerprint density at radius 2 is 1.55 bits per heavy atom. The molecule has 6 N–H and O–H groups in total. The van der Waals surface area contributed by atoms with Gasteiger partial charge in [0.2, 0.25) is 11.8 Å². The number of alkyl carbamates (subject to hydrolysis) is 1. The van der Waals surface area contributed by atoms with E-state index in [4.69, 9.17) is 10.5 Å². The Bertz CT molecular complexity index is 916. The van der Waals surface area contributed by atoms with Crippen LogP contribution in [0.1, 0.15) is 17.5 Å². The Hall–Kier alpha value is -4.08. The van der Waals surface area contributed by atoms with Gasteiger partial charge in [0.1, 0.15) is 24.4 Å². The maximum absolute atomic E-state index is 12.6. The van der Waals surface area contributed by atoms with E-state index < -0.39 is 42.4 Å². The number of hydrogen-bond donors (Lipinski definition) is 5. The van der Waals surface area contributed by atoms with Crippen molar-refractivity contribution in [3.63, 3.8) is 0 Å². The first-order valence-corrected chi connectivity index (χ1v) is 9.31. The number of phenolic OH excluding ortho intramolecular Hbond substituents is 1. The van der Waals surface area contributed by atoms with Gasteiger partial charge in [-0.1, -0.05) is 42.5 Å². The molecular formula is C21H23N3O7. The Morgan fingerprint density at radius 1 is 0.903 bits per heavy atom. The third-order valence-electron chi connectivity index (χ3n) is 4.22. The van der Waals surface area contributed by atoms with Gasteiger partial charge in [-0.05, 0) is 23.3 Å². The Balaban J connectivity index is 2.00. The molecule has 2 atom stereocenters. The second-order valence-electron chi connectivity index (χ2n) is 6.70. The summed E-state index contributed by atoms with van der Waals surface area (Å²) in [6, 6.07) is 11.8. The number of phenols is 1. The summed E-state index contributed by atoms with van der Waals surface area (Å²) in [5.74, 6) is -3.07. The molecule has 0 spiro atoms. The topological polar surface area (TPSA) is 168 Å². The Labute approximate surface area is 178 Å². The largest absolute Gasteiger partial charge is 0.508 e. The van der Waals surface area contributed by atoms with Gasteiger partial charge in [0, 0.05) is 6.42 Å². The highest BCUT2D eigenvalue weighted by atomic mass is 16.5. The van der Waals surface area contributed by atoms with Gasteiger partial charge in [-0.15, -0.1) is 0 Å². The summed E-state index contributed by atoms with van der Waals surface area (Å²) in [6.45, 7) is -0.0593. The number of rotatable bonds is 10. The molecule has 0 bridgehead atoms. The van der Waals surface area contributed by atoms with Crippen LogP contribution < -0.4 is 16.4 Å². The third-order valence-corrected chi connectivity index (χ3v) is 4.22. The molecule has 0 aliphatic carbocycles. The first kappa shape index (κ1) is 23.2. The predicted molar refractivity (Wildman–Crippen MR) is 109 cm³/mol. The molecule has 10 nitrogen and oxygen atoms in total. The van der Waals surface area contributed by atoms with Crippen molar-refractivity contribution in [3.8, 4) is 5.75 Å². The lowest BCUT2D eigenvalue weighted by Crippen LogP contribution is -2.53. The number of amides is 3. The van der Waals surface area contributed by atoms with Crippen LogP contribution in [0.2, 0.25) is 0 Å². The summed E-state index contributed by atoms with van der Waals surface area (Å²) in [4.78, 5) is 47.5. The highest BCUT2D eigenvalue weighted by Gasteiger charge is 2.28. The summed E-state index contributed by atoms with van der Waals surface area (Å²) in [7, 11) is 0. The molecule has 0 saturated heterocycles. The van der Waals surface area contributed by atoms with Gasteiger partial charge >= 0.3 is 12.1 Å². The van der Waals surface area contributed by atoms with E-state index in [1.807, 2.05) is 0 Å². The van der Waals surface area contributed by atoms with Gasteiger partial charge in [0.15, 0.2) is 0 Å². The smallest absolute Gasteiger partial charge is 0.408 e. The van der Waals surface area contributed by atoms with Crippen molar-refractivity contribution >= 4 is 23.9 Å². The summed E-state index contributed by atoms with van der Waals surface area (Å²) >= 11 is 0. The van der Waals surface area contributed by atoms with Crippen LogP contribution in [0.25, 0.3) is 0 Å². The van der Waals surface area contributed by atoms with Crippen molar-refractivity contribution < 1.29 is 34.1 Å². The molecule has 2 aromatic rings. The van der Waals surface area contributed by atoms with Gasteiger partial charge < -0.3 is 31.3 Å². The van der Waals surface area contributed by atoms with E-state index in [1.54, 1.807) is 30.3 Å². The number of carbonyl (C=O) groups excluding carboxylic acids is 3. The average Bonchev–Trinajstić information content (AvgIpc) is 2.73. The van der Waals surface area contributed by atoms with Gasteiger partial charge in [-0.25, -0.2) is 9.59 Å². The number of carboxylic acid groups (broad SMARTS) is 1. The Morgan fingerprint density at radius 3 is 2.13 bits per heavy atom. The van der Waals surface area contributed by atoms with E-state index in [0.29, 0.717) is 11.1 Å². The third kappa shape index (κ3) is 8.05. The summed E-state index contributed by atoms with van der Waals surface area (Å²) in [5, 5.41) is 23.3. The molecule has 164 valence electrons. The lowest BCUT2D eigenvalue weighted by Gasteiger charge is -2.20. The van der Waals surface area contributed by atoms with E-state index >= 15 is 0 Å². The predicted octanol–water partition coefficient (Wildman–Crippen LogP) is 0.674. The van der Waals surface area contributed by atoms with Crippen molar-refractivity contribution in [1.29, 1.82) is 0 Å². The number of carboxylic acids is 1. The molecule has 0 aliphatic heterocycles. The quantitative estimate of drug-likeness (QED) is 0.370. The second kappa shape index (κ2) is 11.2. The molecular weight excluding hydrogens is 406 g/mol. The fraction of sp³-hybridized carbons (Fsp3) is 0.238. The highest BCUT2D eigenvalue weighted by molar-refractivity contribution is 5.92. The first-order chi connectivity index (χ1) is 14.7. The molecule has 0 aliphatic rings. The van der Waals surface area contributed by atoms with Crippen molar-refractivity contribution in [2.75, 3.05) is 0 Å². The van der Waals surface area contributed by atoms with Crippen LogP contribution in [-0.4, -0.2) is 46.2 Å². The van der Waals surface area contributed by atoms with E-state index in [-0.39, 0.29) is 18.8 Å². The second-order valence-corrected chi connectivity index (χ2v) is 6.70. The zero-order valence-electron chi connectivity index (χ0n) is 16.5. The minimum atomic E-state index is -1.41. The lowest BCUT2D eigenvalue weighted by molar-refractivity contribution is -0.142. The summed E-state index contributed by atoms with van der Waals surface area (Å²) in [6.07, 6.45) is -1.59. The van der Waals surface area contributed by atoms with E-state index in [1.165, 1.54) is 24.3 Å². The molecule has 0 saturated carbocycles. The van der Waals surface area contributed by atoms with Gasteiger partial charge in [-0.3, -0.25) is 9.59 Å². The molecule has 31 heavy (non-hydrogen) atoms. The minimum absolute atomic E-state index is 0.0133. The fourth-order valence-electron chi connectivity index (χ4n) is 2.66. The van der Waals surface area contributed by atoms with Crippen molar-refractivity contribution in [3.05, 3.63) is 65.7 Å². The number of aliphatic carboxylic acids is 1. The SMILES string of the molecule is NC(=O)C[C@H](NC(=O)OCc1ccccc1)C(=O)N[C@@H](Cc1ccc(O)cc1)C(=O)O. The maximum Gasteiger partial charge on any atom is 0.408 e. The van der Waals surface area contributed by atoms with Crippen LogP contribution in [0.15, 0.2) is 54.6 Å². The van der Waals surface area contributed by atoms with E-state index in [2.05, 4.69) is 10.6 Å². The number of benzene rings is 2. The molecule has 10 heteroatoms. The molecule has 2 rings (SSSR count). The van der Waals surface area contributed by atoms with Crippen molar-refractivity contribution in [1.82, 2.24) is 10.6 Å². The number of carbonyl (C=O) groups is 4. The number of hydrogen-bond acceptors (Lipinski definition) is 6. The summed E-state index contributed by atoms with van der Waals surface area (Å²) < 4.78 is 5.03. The van der Waals surface area contributed by atoms with Crippen LogP contribution in [0.4, 0.5) is 4.79 Å². The zero-order valence-corrected chi connectivity index (χ0v) is 16.5. The number of primary amides is 1. The molecule has 0 heterocycles. The molecule has 0 radical (unpaired) electrons. The summed E-state index contributed by atoms with van der Waals surface area (Å²) in [5.41, 5.74) is 6.41. The van der Waals surface area contributed by atoms with Gasteiger partial charge in [0.05, 0.1) is 6.42 Å². The monoisotopic (exact) mass is 429 g/mol. The zero-order chi connectivity index (χ0) is 22.8.